The molecule has 0 aliphatic heterocycles. The van der Waals surface area contributed by atoms with Gasteiger partial charge in [-0.05, 0) is 36.4 Å². The molecule has 0 bridgehead atoms. The van der Waals surface area contributed by atoms with E-state index >= 15 is 0 Å². The van der Waals surface area contributed by atoms with Gasteiger partial charge in [-0.15, -0.1) is 0 Å². The number of nitrogens with zero attached hydrogens (tertiary/aromatic N) is 2. The van der Waals surface area contributed by atoms with Crippen LogP contribution < -0.4 is 10.6 Å². The van der Waals surface area contributed by atoms with Crippen LogP contribution in [0.15, 0.2) is 54.7 Å². The minimum atomic E-state index is -1.02. The summed E-state index contributed by atoms with van der Waals surface area (Å²) in [5.41, 5.74) is 0.518. The molecule has 0 radical (unpaired) electrons. The van der Waals surface area contributed by atoms with E-state index in [0.29, 0.717) is 0 Å². The van der Waals surface area contributed by atoms with Crippen molar-refractivity contribution >= 4 is 23.2 Å². The highest BCUT2D eigenvalue weighted by molar-refractivity contribution is 6.02. The average molecular weight is 344 g/mol. The maximum atomic E-state index is 13.2. The van der Waals surface area contributed by atoms with Gasteiger partial charge < -0.3 is 10.6 Å². The fraction of sp³-hybridized carbons (Fsp3) is 0. The van der Waals surface area contributed by atoms with E-state index in [-0.39, 0.29) is 23.0 Å². The first-order valence-corrected chi connectivity index (χ1v) is 7.13. The Labute approximate surface area is 140 Å². The van der Waals surface area contributed by atoms with Crippen LogP contribution in [0.3, 0.4) is 0 Å². The van der Waals surface area contributed by atoms with E-state index in [9.17, 15) is 18.0 Å². The summed E-state index contributed by atoms with van der Waals surface area (Å²) < 4.78 is 39.3. The molecule has 8 heteroatoms. The first-order chi connectivity index (χ1) is 12.0. The molecule has 2 aromatic carbocycles. The number of halogens is 3. The van der Waals surface area contributed by atoms with Gasteiger partial charge in [-0.3, -0.25) is 4.79 Å². The second-order valence-electron chi connectivity index (χ2n) is 4.98. The monoisotopic (exact) mass is 344 g/mol. The van der Waals surface area contributed by atoms with Gasteiger partial charge in [0.15, 0.2) is 11.6 Å². The number of aromatic nitrogens is 2. The number of rotatable bonds is 4. The Morgan fingerprint density at radius 1 is 0.920 bits per heavy atom. The zero-order valence-electron chi connectivity index (χ0n) is 12.6. The smallest absolute Gasteiger partial charge is 0.274 e. The first-order valence-electron chi connectivity index (χ1n) is 7.13. The Kier molecular flexibility index (Phi) is 4.60. The van der Waals surface area contributed by atoms with E-state index in [0.717, 1.165) is 12.1 Å². The number of hydrogen-bond donors (Lipinski definition) is 2. The van der Waals surface area contributed by atoms with Gasteiger partial charge in [-0.2, -0.15) is 0 Å². The Morgan fingerprint density at radius 2 is 1.76 bits per heavy atom. The van der Waals surface area contributed by atoms with Crippen molar-refractivity contribution in [2.75, 3.05) is 10.6 Å². The van der Waals surface area contributed by atoms with Gasteiger partial charge in [0.2, 0.25) is 5.95 Å². The van der Waals surface area contributed by atoms with Crippen molar-refractivity contribution in [2.45, 2.75) is 0 Å². The minimum absolute atomic E-state index is 0.0179. The van der Waals surface area contributed by atoms with Crippen molar-refractivity contribution < 1.29 is 18.0 Å². The van der Waals surface area contributed by atoms with Crippen LogP contribution >= 0.6 is 0 Å². The molecule has 2 N–H and O–H groups in total. The molecule has 1 amide bonds. The highest BCUT2D eigenvalue weighted by Gasteiger charge is 2.10. The Bertz CT molecular complexity index is 933. The predicted molar refractivity (Wildman–Crippen MR) is 86.0 cm³/mol. The molecule has 0 spiro atoms. The van der Waals surface area contributed by atoms with Gasteiger partial charge in [0, 0.05) is 23.6 Å². The van der Waals surface area contributed by atoms with Gasteiger partial charge in [0.1, 0.15) is 11.5 Å². The van der Waals surface area contributed by atoms with Crippen LogP contribution in [0.1, 0.15) is 10.5 Å². The predicted octanol–water partition coefficient (Wildman–Crippen LogP) is 3.89. The molecule has 3 aromatic rings. The molecule has 0 saturated carbocycles. The second-order valence-corrected chi connectivity index (χ2v) is 4.98. The quantitative estimate of drug-likeness (QED) is 0.753. The van der Waals surface area contributed by atoms with Crippen molar-refractivity contribution in [3.05, 3.63) is 77.9 Å². The summed E-state index contributed by atoms with van der Waals surface area (Å²) in [5.74, 6) is -3.03. The van der Waals surface area contributed by atoms with Crippen molar-refractivity contribution in [1.82, 2.24) is 9.97 Å². The highest BCUT2D eigenvalue weighted by atomic mass is 19.2. The zero-order valence-corrected chi connectivity index (χ0v) is 12.6. The summed E-state index contributed by atoms with van der Waals surface area (Å²) >= 11 is 0. The van der Waals surface area contributed by atoms with E-state index in [1.54, 1.807) is 0 Å². The minimum Gasteiger partial charge on any atom is -0.324 e. The molecule has 126 valence electrons. The molecule has 5 nitrogen and oxygen atoms in total. The lowest BCUT2D eigenvalue weighted by Crippen LogP contribution is -2.14. The summed E-state index contributed by atoms with van der Waals surface area (Å²) in [7, 11) is 0. The third-order valence-corrected chi connectivity index (χ3v) is 3.15. The highest BCUT2D eigenvalue weighted by Crippen LogP contribution is 2.17. The number of amides is 1. The molecule has 0 aliphatic rings. The number of carbonyl (C=O) groups excluding carboxylic acids is 1. The normalized spacial score (nSPS) is 10.4. The van der Waals surface area contributed by atoms with E-state index in [2.05, 4.69) is 20.6 Å². The average Bonchev–Trinajstić information content (AvgIpc) is 2.58. The van der Waals surface area contributed by atoms with Crippen LogP contribution in [0, 0.1) is 17.5 Å². The van der Waals surface area contributed by atoms with Gasteiger partial charge in [-0.1, -0.05) is 6.07 Å². The lowest BCUT2D eigenvalue weighted by atomic mass is 10.3. The fourth-order valence-electron chi connectivity index (χ4n) is 2.01. The lowest BCUT2D eigenvalue weighted by molar-refractivity contribution is 0.102. The third-order valence-electron chi connectivity index (χ3n) is 3.15. The maximum absolute atomic E-state index is 13.2. The molecule has 1 heterocycles. The Morgan fingerprint density at radius 3 is 2.52 bits per heavy atom. The van der Waals surface area contributed by atoms with E-state index in [1.807, 2.05) is 0 Å². The fourth-order valence-corrected chi connectivity index (χ4v) is 2.01. The van der Waals surface area contributed by atoms with Crippen LogP contribution in [0.2, 0.25) is 0 Å². The molecule has 0 aliphatic carbocycles. The molecule has 0 unspecified atom stereocenters. The molecular formula is C17H11F3N4O. The number of hydrogen-bond acceptors (Lipinski definition) is 4. The molecule has 3 rings (SSSR count). The molecule has 0 fully saturated rings. The maximum Gasteiger partial charge on any atom is 0.274 e. The molecule has 1 aromatic heterocycles. The van der Waals surface area contributed by atoms with Crippen LogP contribution in [-0.4, -0.2) is 15.9 Å². The van der Waals surface area contributed by atoms with E-state index in [1.165, 1.54) is 42.6 Å². The van der Waals surface area contributed by atoms with Gasteiger partial charge in [0.05, 0.1) is 0 Å². The molecule has 0 atom stereocenters. The van der Waals surface area contributed by atoms with Crippen molar-refractivity contribution in [3.8, 4) is 0 Å². The summed E-state index contributed by atoms with van der Waals surface area (Å²) in [4.78, 5) is 20.1. The van der Waals surface area contributed by atoms with Gasteiger partial charge in [-0.25, -0.2) is 23.1 Å². The topological polar surface area (TPSA) is 66.9 Å². The molecular weight excluding hydrogens is 333 g/mol. The number of carbonyl (C=O) groups is 1. The summed E-state index contributed by atoms with van der Waals surface area (Å²) in [6.07, 6.45) is 1.33. The second kappa shape index (κ2) is 7.00. The first kappa shape index (κ1) is 16.4. The van der Waals surface area contributed by atoms with E-state index < -0.39 is 23.4 Å². The Hall–Kier alpha value is -3.42. The standard InChI is InChI=1S/C17H11F3N4O/c18-10-2-1-3-11(8-10)22-16(25)15-6-7-21-17(24-15)23-12-4-5-13(19)14(20)9-12/h1-9H,(H,22,25)(H,21,23,24). The summed E-state index contributed by atoms with van der Waals surface area (Å²) in [6, 6.07) is 9.98. The summed E-state index contributed by atoms with van der Waals surface area (Å²) in [6.45, 7) is 0. The van der Waals surface area contributed by atoms with E-state index in [4.69, 9.17) is 0 Å². The molecule has 0 saturated heterocycles. The van der Waals surface area contributed by atoms with Crippen LogP contribution in [0.25, 0.3) is 0 Å². The van der Waals surface area contributed by atoms with Crippen molar-refractivity contribution in [2.24, 2.45) is 0 Å². The van der Waals surface area contributed by atoms with Crippen molar-refractivity contribution in [3.63, 3.8) is 0 Å². The largest absolute Gasteiger partial charge is 0.324 e. The van der Waals surface area contributed by atoms with Crippen molar-refractivity contribution in [1.29, 1.82) is 0 Å². The van der Waals surface area contributed by atoms with Gasteiger partial charge >= 0.3 is 0 Å². The van der Waals surface area contributed by atoms with Gasteiger partial charge in [0.25, 0.3) is 5.91 Å². The lowest BCUT2D eigenvalue weighted by Gasteiger charge is -2.08. The SMILES string of the molecule is O=C(Nc1cccc(F)c1)c1ccnc(Nc2ccc(F)c(F)c2)n1. The number of benzene rings is 2. The number of nitrogens with one attached hydrogen (secondary N) is 2. The van der Waals surface area contributed by atoms with Crippen LogP contribution in [0.4, 0.5) is 30.5 Å². The number of anilines is 3. The Balaban J connectivity index is 1.76. The van der Waals surface area contributed by atoms with Crippen LogP contribution in [0.5, 0.6) is 0 Å². The third kappa shape index (κ3) is 4.11. The van der Waals surface area contributed by atoms with Crippen LogP contribution in [-0.2, 0) is 0 Å². The zero-order chi connectivity index (χ0) is 17.8. The summed E-state index contributed by atoms with van der Waals surface area (Å²) in [5, 5.41) is 5.17. The molecule has 25 heavy (non-hydrogen) atoms.